The average molecular weight is 457 g/mol. The van der Waals surface area contributed by atoms with Gasteiger partial charge in [0.1, 0.15) is 5.37 Å². The van der Waals surface area contributed by atoms with Crippen molar-refractivity contribution in [1.29, 1.82) is 0 Å². The van der Waals surface area contributed by atoms with E-state index in [0.29, 0.717) is 6.04 Å². The van der Waals surface area contributed by atoms with E-state index in [1.165, 1.54) is 27.5 Å². The van der Waals surface area contributed by atoms with Crippen LogP contribution in [0.5, 0.6) is 0 Å². The predicted molar refractivity (Wildman–Crippen MR) is 140 cm³/mol. The molecule has 0 fully saturated rings. The highest BCUT2D eigenvalue weighted by Crippen LogP contribution is 2.35. The SMILES string of the molecule is N/C=C\SCC1C=CC(c2ccc(-c3ccc(C4NC=CS4)nc3)c3ccccc23)=CN1. The van der Waals surface area contributed by atoms with Gasteiger partial charge in [-0.2, -0.15) is 0 Å². The molecule has 1 aromatic heterocycles. The van der Waals surface area contributed by atoms with Gasteiger partial charge in [-0.05, 0) is 44.4 Å². The highest BCUT2D eigenvalue weighted by molar-refractivity contribution is 8.02. The molecule has 3 heterocycles. The van der Waals surface area contributed by atoms with Crippen LogP contribution in [0.25, 0.3) is 27.5 Å². The first kappa shape index (κ1) is 20.8. The Labute approximate surface area is 196 Å². The molecule has 2 aliphatic rings. The van der Waals surface area contributed by atoms with Gasteiger partial charge in [0.25, 0.3) is 0 Å². The Kier molecular flexibility index (Phi) is 6.23. The van der Waals surface area contributed by atoms with E-state index in [-0.39, 0.29) is 5.37 Å². The zero-order chi connectivity index (χ0) is 21.8. The number of dihydropyridines is 1. The molecular weight excluding hydrogens is 432 g/mol. The fraction of sp³-hybridized carbons (Fsp3) is 0.115. The van der Waals surface area contributed by atoms with Crippen LogP contribution in [0.4, 0.5) is 0 Å². The number of fused-ring (bicyclic) bond motifs is 1. The first-order valence-corrected chi connectivity index (χ1v) is 12.5. The normalized spacial score (nSPS) is 19.8. The smallest absolute Gasteiger partial charge is 0.119 e. The quantitative estimate of drug-likeness (QED) is 0.440. The number of nitrogens with zero attached hydrogens (tertiary/aromatic N) is 1. The first-order chi connectivity index (χ1) is 15.8. The molecule has 2 aliphatic heterocycles. The van der Waals surface area contributed by atoms with E-state index in [0.717, 1.165) is 17.0 Å². The summed E-state index contributed by atoms with van der Waals surface area (Å²) in [6.07, 6.45) is 12.1. The minimum absolute atomic E-state index is 0.203. The van der Waals surface area contributed by atoms with Gasteiger partial charge in [-0.25, -0.2) is 0 Å². The van der Waals surface area contributed by atoms with Gasteiger partial charge in [0.15, 0.2) is 0 Å². The summed E-state index contributed by atoms with van der Waals surface area (Å²) in [7, 11) is 0. The molecule has 2 unspecified atom stereocenters. The Hall–Kier alpha value is -3.09. The predicted octanol–water partition coefficient (Wildman–Crippen LogP) is 5.74. The third-order valence-corrected chi connectivity index (χ3v) is 7.39. The molecule has 6 heteroatoms. The minimum atomic E-state index is 0.203. The number of aromatic nitrogens is 1. The van der Waals surface area contributed by atoms with Gasteiger partial charge in [0, 0.05) is 36.1 Å². The van der Waals surface area contributed by atoms with Gasteiger partial charge >= 0.3 is 0 Å². The number of benzene rings is 2. The molecule has 0 spiro atoms. The van der Waals surface area contributed by atoms with Crippen molar-refractivity contribution in [2.75, 3.05) is 5.75 Å². The average Bonchev–Trinajstić information content (AvgIpc) is 3.39. The van der Waals surface area contributed by atoms with E-state index in [1.54, 1.807) is 29.7 Å². The number of hydrogen-bond donors (Lipinski definition) is 3. The van der Waals surface area contributed by atoms with Gasteiger partial charge in [0.2, 0.25) is 0 Å². The summed E-state index contributed by atoms with van der Waals surface area (Å²) < 4.78 is 0. The second-order valence-electron chi connectivity index (χ2n) is 7.56. The van der Waals surface area contributed by atoms with E-state index < -0.39 is 0 Å². The zero-order valence-corrected chi connectivity index (χ0v) is 19.1. The third-order valence-electron chi connectivity index (χ3n) is 5.54. The molecule has 160 valence electrons. The molecule has 4 N–H and O–H groups in total. The molecule has 32 heavy (non-hydrogen) atoms. The molecule has 0 amide bonds. The lowest BCUT2D eigenvalue weighted by Gasteiger charge is -2.19. The van der Waals surface area contributed by atoms with Crippen molar-refractivity contribution in [3.05, 3.63) is 108 Å². The molecule has 3 aromatic rings. The molecule has 4 nitrogen and oxygen atoms in total. The Morgan fingerprint density at radius 3 is 2.56 bits per heavy atom. The van der Waals surface area contributed by atoms with Crippen LogP contribution < -0.4 is 16.4 Å². The van der Waals surface area contributed by atoms with E-state index in [4.69, 9.17) is 10.7 Å². The number of allylic oxidation sites excluding steroid dienone is 2. The Morgan fingerprint density at radius 1 is 1.03 bits per heavy atom. The van der Waals surface area contributed by atoms with Crippen LogP contribution in [0.1, 0.15) is 16.6 Å². The fourth-order valence-electron chi connectivity index (χ4n) is 3.97. The molecule has 2 atom stereocenters. The van der Waals surface area contributed by atoms with E-state index in [9.17, 15) is 0 Å². The topological polar surface area (TPSA) is 63.0 Å². The van der Waals surface area contributed by atoms with Gasteiger partial charge in [0.05, 0.1) is 11.7 Å². The van der Waals surface area contributed by atoms with Crippen LogP contribution >= 0.6 is 23.5 Å². The Morgan fingerprint density at radius 2 is 1.88 bits per heavy atom. The number of thioether (sulfide) groups is 2. The van der Waals surface area contributed by atoms with Gasteiger partial charge in [-0.15, -0.1) is 23.5 Å². The summed E-state index contributed by atoms with van der Waals surface area (Å²) in [5.74, 6) is 0.946. The molecule has 5 rings (SSSR count). The number of rotatable bonds is 6. The molecule has 2 aromatic carbocycles. The number of pyridine rings is 1. The molecule has 0 aliphatic carbocycles. The van der Waals surface area contributed by atoms with Gasteiger partial charge < -0.3 is 16.4 Å². The highest BCUT2D eigenvalue weighted by atomic mass is 32.2. The zero-order valence-electron chi connectivity index (χ0n) is 17.4. The number of nitrogens with one attached hydrogen (secondary N) is 2. The maximum Gasteiger partial charge on any atom is 0.119 e. The molecule has 0 saturated carbocycles. The van der Waals surface area contributed by atoms with Crippen molar-refractivity contribution in [2.24, 2.45) is 5.73 Å². The van der Waals surface area contributed by atoms with Crippen LogP contribution in [0.15, 0.2) is 96.3 Å². The van der Waals surface area contributed by atoms with Crippen molar-refractivity contribution in [1.82, 2.24) is 15.6 Å². The van der Waals surface area contributed by atoms with Crippen LogP contribution in [-0.4, -0.2) is 16.8 Å². The fourth-order valence-corrected chi connectivity index (χ4v) is 5.35. The summed E-state index contributed by atoms with van der Waals surface area (Å²) in [6.45, 7) is 0. The second-order valence-corrected chi connectivity index (χ2v) is 9.51. The Balaban J connectivity index is 1.43. The monoisotopic (exact) mass is 456 g/mol. The summed E-state index contributed by atoms with van der Waals surface area (Å²) in [5, 5.41) is 13.5. The lowest BCUT2D eigenvalue weighted by atomic mass is 9.92. The van der Waals surface area contributed by atoms with E-state index in [1.807, 2.05) is 17.8 Å². The van der Waals surface area contributed by atoms with E-state index in [2.05, 4.69) is 82.9 Å². The maximum atomic E-state index is 5.42. The first-order valence-electron chi connectivity index (χ1n) is 10.5. The second kappa shape index (κ2) is 9.59. The van der Waals surface area contributed by atoms with Crippen molar-refractivity contribution in [2.45, 2.75) is 11.4 Å². The van der Waals surface area contributed by atoms with Crippen LogP contribution in [0.2, 0.25) is 0 Å². The van der Waals surface area contributed by atoms with E-state index >= 15 is 0 Å². The standard InChI is InChI=1S/C26H24N4S2/c27-11-13-31-17-20-7-5-18(15-29-20)21-8-9-22(24-4-2-1-3-23(21)24)19-6-10-25(30-16-19)26-28-12-14-32-26/h1-16,20,26,28-29H,17,27H2/b13-11-. The third kappa shape index (κ3) is 4.29. The van der Waals surface area contributed by atoms with Gasteiger partial charge in [-0.1, -0.05) is 54.6 Å². The molecule has 0 bridgehead atoms. The Bertz CT molecular complexity index is 1220. The highest BCUT2D eigenvalue weighted by Gasteiger charge is 2.16. The van der Waals surface area contributed by atoms with Gasteiger partial charge in [-0.3, -0.25) is 4.98 Å². The van der Waals surface area contributed by atoms with Crippen LogP contribution in [-0.2, 0) is 0 Å². The van der Waals surface area contributed by atoms with Crippen LogP contribution in [0.3, 0.4) is 0 Å². The van der Waals surface area contributed by atoms with Crippen molar-refractivity contribution < 1.29 is 0 Å². The van der Waals surface area contributed by atoms with Crippen molar-refractivity contribution >= 4 is 39.9 Å². The lowest BCUT2D eigenvalue weighted by Crippen LogP contribution is -2.26. The maximum absolute atomic E-state index is 5.42. The molecular formula is C26H24N4S2. The summed E-state index contributed by atoms with van der Waals surface area (Å²) in [5.41, 5.74) is 11.2. The number of nitrogens with two attached hydrogens (primary N) is 1. The van der Waals surface area contributed by atoms with Crippen molar-refractivity contribution in [3.8, 4) is 11.1 Å². The summed E-state index contributed by atoms with van der Waals surface area (Å²) in [4.78, 5) is 4.72. The van der Waals surface area contributed by atoms with Crippen LogP contribution in [0, 0.1) is 0 Å². The minimum Gasteiger partial charge on any atom is -0.404 e. The number of hydrogen-bond acceptors (Lipinski definition) is 6. The lowest BCUT2D eigenvalue weighted by molar-refractivity contribution is 0.775. The summed E-state index contributed by atoms with van der Waals surface area (Å²) in [6, 6.07) is 17.6. The largest absolute Gasteiger partial charge is 0.404 e. The summed E-state index contributed by atoms with van der Waals surface area (Å²) >= 11 is 3.44. The molecule has 0 radical (unpaired) electrons. The van der Waals surface area contributed by atoms with Crippen molar-refractivity contribution in [3.63, 3.8) is 0 Å². The molecule has 0 saturated heterocycles.